The van der Waals surface area contributed by atoms with Gasteiger partial charge in [0.15, 0.2) is 0 Å². The number of amidine groups is 1. The highest BCUT2D eigenvalue weighted by Gasteiger charge is 2.35. The zero-order chi connectivity index (χ0) is 15.6. The van der Waals surface area contributed by atoms with Crippen molar-refractivity contribution in [2.24, 2.45) is 4.40 Å². The van der Waals surface area contributed by atoms with Crippen LogP contribution in [0.4, 0.5) is 9.59 Å². The lowest BCUT2D eigenvalue weighted by atomic mass is 10.3. The number of ether oxygens (including phenoxy) is 2. The van der Waals surface area contributed by atoms with E-state index in [4.69, 9.17) is 4.74 Å². The van der Waals surface area contributed by atoms with Gasteiger partial charge in [-0.2, -0.15) is 12.7 Å². The van der Waals surface area contributed by atoms with E-state index in [1.165, 1.54) is 12.1 Å². The molecule has 1 aromatic carbocycles. The number of carbonyl (C=O) groups excluding carboxylic acids is 2. The second-order valence-corrected chi connectivity index (χ2v) is 5.55. The molecule has 1 aromatic rings. The topological polar surface area (TPSA) is 106 Å². The fourth-order valence-electron chi connectivity index (χ4n) is 1.28. The molecule has 0 saturated carbocycles. The third-order valence-corrected chi connectivity index (χ3v) is 3.71. The number of cyclic esters (lactones) is 1. The molecule has 0 bridgehead atoms. The second kappa shape index (κ2) is 5.40. The largest absolute Gasteiger partial charge is 0.432 e. The number of nitrogens with zero attached hydrogens (tertiary/aromatic N) is 3. The molecule has 21 heavy (non-hydrogen) atoms. The number of hydrogen-bond acceptors (Lipinski definition) is 6. The summed E-state index contributed by atoms with van der Waals surface area (Å²) in [5.74, 6) is 0.247. The van der Waals surface area contributed by atoms with Gasteiger partial charge in [0.25, 0.3) is 0 Å². The first-order valence-corrected chi connectivity index (χ1v) is 7.02. The zero-order valence-corrected chi connectivity index (χ0v) is 11.9. The van der Waals surface area contributed by atoms with Gasteiger partial charge in [0.1, 0.15) is 5.75 Å². The van der Waals surface area contributed by atoms with Crippen LogP contribution >= 0.6 is 0 Å². The molecular weight excluding hydrogens is 302 g/mol. The van der Waals surface area contributed by atoms with Gasteiger partial charge in [0, 0.05) is 14.1 Å². The maximum atomic E-state index is 11.8. The van der Waals surface area contributed by atoms with Gasteiger partial charge in [-0.05, 0) is 12.1 Å². The maximum Gasteiger partial charge on any atom is 0.432 e. The SMILES string of the molecule is CN(C(=O)Oc1ccccc1)C1=NS(=O)(=O)N(C)C(=O)O1. The van der Waals surface area contributed by atoms with Crippen molar-refractivity contribution < 1.29 is 27.5 Å². The van der Waals surface area contributed by atoms with Gasteiger partial charge in [-0.15, -0.1) is 0 Å². The van der Waals surface area contributed by atoms with E-state index >= 15 is 0 Å². The number of amides is 2. The highest BCUT2D eigenvalue weighted by atomic mass is 32.2. The zero-order valence-electron chi connectivity index (χ0n) is 11.1. The van der Waals surface area contributed by atoms with Crippen molar-refractivity contribution >= 4 is 28.4 Å². The lowest BCUT2D eigenvalue weighted by molar-refractivity contribution is 0.157. The highest BCUT2D eigenvalue weighted by molar-refractivity contribution is 7.88. The lowest BCUT2D eigenvalue weighted by Gasteiger charge is -2.24. The van der Waals surface area contributed by atoms with Gasteiger partial charge in [-0.3, -0.25) is 0 Å². The predicted molar refractivity (Wildman–Crippen MR) is 70.8 cm³/mol. The molecule has 1 aliphatic heterocycles. The van der Waals surface area contributed by atoms with E-state index in [0.29, 0.717) is 9.21 Å². The van der Waals surface area contributed by atoms with Crippen LogP contribution in [0.1, 0.15) is 0 Å². The smallest absolute Gasteiger partial charge is 0.410 e. The molecule has 2 rings (SSSR count). The Balaban J connectivity index is 2.18. The van der Waals surface area contributed by atoms with E-state index < -0.39 is 28.4 Å². The van der Waals surface area contributed by atoms with Gasteiger partial charge < -0.3 is 9.47 Å². The number of carbonyl (C=O) groups is 2. The molecular formula is C11H11N3O6S. The third kappa shape index (κ3) is 3.11. The van der Waals surface area contributed by atoms with Gasteiger partial charge in [-0.1, -0.05) is 22.6 Å². The Kier molecular flexibility index (Phi) is 3.80. The first-order valence-electron chi connectivity index (χ1n) is 5.62. The van der Waals surface area contributed by atoms with E-state index in [-0.39, 0.29) is 5.75 Å². The monoisotopic (exact) mass is 313 g/mol. The van der Waals surface area contributed by atoms with Crippen molar-refractivity contribution in [3.05, 3.63) is 30.3 Å². The number of hydrogen-bond donors (Lipinski definition) is 0. The summed E-state index contributed by atoms with van der Waals surface area (Å²) in [5, 5.41) is 0. The van der Waals surface area contributed by atoms with Crippen LogP contribution in [-0.2, 0) is 14.9 Å². The Morgan fingerprint density at radius 1 is 1.33 bits per heavy atom. The highest BCUT2D eigenvalue weighted by Crippen LogP contribution is 2.14. The second-order valence-electron chi connectivity index (χ2n) is 3.93. The van der Waals surface area contributed by atoms with Crippen molar-refractivity contribution in [2.75, 3.05) is 14.1 Å². The van der Waals surface area contributed by atoms with Crippen LogP contribution in [-0.4, -0.2) is 49.9 Å². The Hall–Kier alpha value is -2.62. The first-order chi connectivity index (χ1) is 9.81. The minimum atomic E-state index is -4.21. The molecule has 112 valence electrons. The standard InChI is InChI=1S/C11H11N3O6S/c1-13(10(15)19-8-6-4-3-5-7-8)9-12-21(17,18)14(2)11(16)20-9/h3-7H,1-2H3. The number of para-hydroxylation sites is 1. The van der Waals surface area contributed by atoms with Crippen molar-refractivity contribution in [1.29, 1.82) is 0 Å². The first kappa shape index (κ1) is 14.8. The average molecular weight is 313 g/mol. The summed E-state index contributed by atoms with van der Waals surface area (Å²) in [4.78, 5) is 23.9. The van der Waals surface area contributed by atoms with Crippen molar-refractivity contribution in [3.63, 3.8) is 0 Å². The summed E-state index contributed by atoms with van der Waals surface area (Å²) in [6.45, 7) is 0. The molecule has 0 saturated heterocycles. The molecule has 0 atom stereocenters. The van der Waals surface area contributed by atoms with Crippen LogP contribution in [0.25, 0.3) is 0 Å². The van der Waals surface area contributed by atoms with E-state index in [9.17, 15) is 18.0 Å². The van der Waals surface area contributed by atoms with Crippen LogP contribution in [0.3, 0.4) is 0 Å². The Morgan fingerprint density at radius 3 is 2.52 bits per heavy atom. The average Bonchev–Trinajstić information content (AvgIpc) is 2.44. The predicted octanol–water partition coefficient (Wildman–Crippen LogP) is 0.800. The maximum absolute atomic E-state index is 11.8. The minimum absolute atomic E-state index is 0.247. The summed E-state index contributed by atoms with van der Waals surface area (Å²) >= 11 is 0. The summed E-state index contributed by atoms with van der Waals surface area (Å²) in [6, 6.07) is 7.42. The van der Waals surface area contributed by atoms with Gasteiger partial charge >= 0.3 is 28.4 Å². The Morgan fingerprint density at radius 2 is 1.95 bits per heavy atom. The van der Waals surface area contributed by atoms with Crippen LogP contribution < -0.4 is 4.74 Å². The summed E-state index contributed by atoms with van der Waals surface area (Å²) in [6.07, 6.45) is -2.12. The quantitative estimate of drug-likeness (QED) is 0.759. The summed E-state index contributed by atoms with van der Waals surface area (Å²) in [7, 11) is -2.06. The lowest BCUT2D eigenvalue weighted by Crippen LogP contribution is -2.46. The molecule has 0 aliphatic carbocycles. The van der Waals surface area contributed by atoms with Crippen molar-refractivity contribution in [2.45, 2.75) is 0 Å². The molecule has 0 spiro atoms. The van der Waals surface area contributed by atoms with Gasteiger partial charge in [0.05, 0.1) is 0 Å². The van der Waals surface area contributed by atoms with Crippen LogP contribution in [0.2, 0.25) is 0 Å². The van der Waals surface area contributed by atoms with E-state index in [1.54, 1.807) is 18.2 Å². The normalized spacial score (nSPS) is 16.8. The van der Waals surface area contributed by atoms with E-state index in [0.717, 1.165) is 14.1 Å². The molecule has 10 heteroatoms. The molecule has 1 aliphatic rings. The van der Waals surface area contributed by atoms with E-state index in [1.807, 2.05) is 0 Å². The number of rotatable bonds is 1. The van der Waals surface area contributed by atoms with Gasteiger partial charge in [-0.25, -0.2) is 14.5 Å². The molecule has 0 radical (unpaired) electrons. The fourth-order valence-corrected chi connectivity index (χ4v) is 1.99. The van der Waals surface area contributed by atoms with Crippen molar-refractivity contribution in [3.8, 4) is 5.75 Å². The van der Waals surface area contributed by atoms with Gasteiger partial charge in [0.2, 0.25) is 0 Å². The molecule has 1 heterocycles. The molecule has 2 amide bonds. The molecule has 0 aromatic heterocycles. The third-order valence-electron chi connectivity index (χ3n) is 2.48. The molecule has 0 N–H and O–H groups in total. The molecule has 0 fully saturated rings. The summed E-state index contributed by atoms with van der Waals surface area (Å²) in [5.41, 5.74) is 0. The molecule has 0 unspecified atom stereocenters. The van der Waals surface area contributed by atoms with Crippen LogP contribution in [0.15, 0.2) is 34.7 Å². The minimum Gasteiger partial charge on any atom is -0.410 e. The van der Waals surface area contributed by atoms with Crippen LogP contribution in [0, 0.1) is 0 Å². The Labute approximate surface area is 120 Å². The molecule has 9 nitrogen and oxygen atoms in total. The Bertz CT molecular complexity index is 700. The number of benzene rings is 1. The fraction of sp³-hybridized carbons (Fsp3) is 0.182. The van der Waals surface area contributed by atoms with Crippen molar-refractivity contribution in [1.82, 2.24) is 9.21 Å². The van der Waals surface area contributed by atoms with Crippen LogP contribution in [0.5, 0.6) is 5.75 Å². The van der Waals surface area contributed by atoms with E-state index in [2.05, 4.69) is 9.13 Å². The summed E-state index contributed by atoms with van der Waals surface area (Å²) < 4.78 is 36.2.